The van der Waals surface area contributed by atoms with Crippen molar-refractivity contribution in [3.8, 4) is 0 Å². The number of halogens is 3. The zero-order chi connectivity index (χ0) is 10.9. The number of hydrogen-bond donors (Lipinski definition) is 0. The van der Waals surface area contributed by atoms with E-state index in [0.717, 1.165) is 7.11 Å². The van der Waals surface area contributed by atoms with Crippen LogP contribution in [0.1, 0.15) is 0 Å². The molecule has 0 atom stereocenters. The topological polar surface area (TPSA) is 43.4 Å². The summed E-state index contributed by atoms with van der Waals surface area (Å²) >= 11 is 16.9. The van der Waals surface area contributed by atoms with Crippen LogP contribution in [-0.2, 0) is 14.3 Å². The largest absolute Gasteiger partial charge is 0.296 e. The van der Waals surface area contributed by atoms with Gasteiger partial charge in [0, 0.05) is 0 Å². The lowest BCUT2D eigenvalue weighted by Crippen LogP contribution is -2.02. The monoisotopic (exact) mass is 274 g/mol. The molecule has 0 spiro atoms. The first-order valence-corrected chi connectivity index (χ1v) is 5.88. The fourth-order valence-electron chi connectivity index (χ4n) is 0.773. The van der Waals surface area contributed by atoms with Crippen LogP contribution in [0.5, 0.6) is 0 Å². The molecule has 0 heterocycles. The third kappa shape index (κ3) is 2.32. The van der Waals surface area contributed by atoms with Crippen LogP contribution in [0.4, 0.5) is 0 Å². The Kier molecular flexibility index (Phi) is 3.66. The van der Waals surface area contributed by atoms with Gasteiger partial charge in [0.15, 0.2) is 0 Å². The van der Waals surface area contributed by atoms with Crippen molar-refractivity contribution >= 4 is 44.9 Å². The van der Waals surface area contributed by atoms with Crippen LogP contribution in [0, 0.1) is 0 Å². The Labute approximate surface area is 96.7 Å². The number of rotatable bonds is 2. The molecule has 0 amide bonds. The molecular weight excluding hydrogens is 270 g/mol. The van der Waals surface area contributed by atoms with Crippen molar-refractivity contribution in [2.75, 3.05) is 7.11 Å². The molecule has 0 aliphatic carbocycles. The third-order valence-electron chi connectivity index (χ3n) is 1.47. The second kappa shape index (κ2) is 4.24. The quantitative estimate of drug-likeness (QED) is 0.615. The summed E-state index contributed by atoms with van der Waals surface area (Å²) in [5.41, 5.74) is 0. The van der Waals surface area contributed by atoms with Gasteiger partial charge in [-0.15, -0.1) is 0 Å². The van der Waals surface area contributed by atoms with Gasteiger partial charge in [0.25, 0.3) is 10.1 Å². The van der Waals surface area contributed by atoms with Gasteiger partial charge in [0.05, 0.1) is 27.1 Å². The van der Waals surface area contributed by atoms with E-state index in [1.807, 2.05) is 0 Å². The smallest absolute Gasteiger partial charge is 0.270 e. The lowest BCUT2D eigenvalue weighted by atomic mass is 10.4. The van der Waals surface area contributed by atoms with E-state index in [9.17, 15) is 8.42 Å². The third-order valence-corrected chi connectivity index (χ3v) is 3.91. The van der Waals surface area contributed by atoms with E-state index in [1.54, 1.807) is 0 Å². The maximum absolute atomic E-state index is 11.2. The van der Waals surface area contributed by atoms with Crippen LogP contribution < -0.4 is 0 Å². The van der Waals surface area contributed by atoms with Crippen molar-refractivity contribution in [1.29, 1.82) is 0 Å². The fraction of sp³-hybridized carbons (Fsp3) is 0.143. The van der Waals surface area contributed by atoms with Gasteiger partial charge in [0.1, 0.15) is 0 Å². The van der Waals surface area contributed by atoms with Gasteiger partial charge >= 0.3 is 0 Å². The standard InChI is InChI=1S/C7H5Cl3O3S/c1-13-14(11,12)4-2-5(8)7(10)6(9)3-4/h2-3H,1H3. The normalized spacial score (nSPS) is 11.7. The molecule has 0 radical (unpaired) electrons. The summed E-state index contributed by atoms with van der Waals surface area (Å²) in [7, 11) is -2.74. The van der Waals surface area contributed by atoms with Crippen LogP contribution in [-0.4, -0.2) is 15.5 Å². The molecule has 1 rings (SSSR count). The SMILES string of the molecule is COS(=O)(=O)c1cc(Cl)c(Cl)c(Cl)c1. The van der Waals surface area contributed by atoms with E-state index >= 15 is 0 Å². The number of hydrogen-bond acceptors (Lipinski definition) is 3. The van der Waals surface area contributed by atoms with Crippen molar-refractivity contribution in [2.24, 2.45) is 0 Å². The van der Waals surface area contributed by atoms with E-state index in [2.05, 4.69) is 4.18 Å². The van der Waals surface area contributed by atoms with E-state index in [0.29, 0.717) is 0 Å². The highest BCUT2D eigenvalue weighted by molar-refractivity contribution is 7.86. The summed E-state index contributed by atoms with van der Waals surface area (Å²) in [6.07, 6.45) is 0. The van der Waals surface area contributed by atoms with E-state index < -0.39 is 10.1 Å². The highest BCUT2D eigenvalue weighted by Gasteiger charge is 2.16. The average Bonchev–Trinajstić information content (AvgIpc) is 2.13. The molecule has 14 heavy (non-hydrogen) atoms. The Bertz CT molecular complexity index is 432. The summed E-state index contributed by atoms with van der Waals surface area (Å²) in [6.45, 7) is 0. The van der Waals surface area contributed by atoms with Gasteiger partial charge in [-0.05, 0) is 12.1 Å². The molecule has 0 N–H and O–H groups in total. The molecular formula is C7H5Cl3O3S. The molecule has 1 aromatic rings. The Morgan fingerprint density at radius 1 is 1.14 bits per heavy atom. The second-order valence-corrected chi connectivity index (χ2v) is 5.23. The van der Waals surface area contributed by atoms with Gasteiger partial charge in [0.2, 0.25) is 0 Å². The number of benzene rings is 1. The molecule has 0 aliphatic rings. The molecule has 3 nitrogen and oxygen atoms in total. The lowest BCUT2D eigenvalue weighted by Gasteiger charge is -2.04. The molecule has 0 saturated carbocycles. The molecule has 0 aliphatic heterocycles. The molecule has 1 aromatic carbocycles. The summed E-state index contributed by atoms with van der Waals surface area (Å²) in [5.74, 6) is 0. The maximum Gasteiger partial charge on any atom is 0.296 e. The second-order valence-electron chi connectivity index (χ2n) is 2.32. The first kappa shape index (κ1) is 12.1. The van der Waals surface area contributed by atoms with Crippen molar-refractivity contribution < 1.29 is 12.6 Å². The first-order valence-electron chi connectivity index (χ1n) is 3.33. The lowest BCUT2D eigenvalue weighted by molar-refractivity contribution is 0.398. The highest BCUT2D eigenvalue weighted by atomic mass is 35.5. The minimum Gasteiger partial charge on any atom is -0.270 e. The minimum absolute atomic E-state index is 0.0646. The van der Waals surface area contributed by atoms with E-state index in [1.165, 1.54) is 12.1 Å². The maximum atomic E-state index is 11.2. The van der Waals surface area contributed by atoms with Crippen molar-refractivity contribution in [1.82, 2.24) is 0 Å². The zero-order valence-corrected chi connectivity index (χ0v) is 10.0. The Morgan fingerprint density at radius 2 is 1.57 bits per heavy atom. The Hall–Kier alpha value is -0.000000000000000111. The van der Waals surface area contributed by atoms with Crippen molar-refractivity contribution in [3.05, 3.63) is 27.2 Å². The molecule has 0 saturated heterocycles. The Balaban J connectivity index is 3.41. The molecule has 78 valence electrons. The Morgan fingerprint density at radius 3 is 1.93 bits per heavy atom. The molecule has 7 heteroatoms. The van der Waals surface area contributed by atoms with Gasteiger partial charge < -0.3 is 0 Å². The molecule has 0 fully saturated rings. The van der Waals surface area contributed by atoms with Crippen LogP contribution in [0.15, 0.2) is 17.0 Å². The molecule has 0 bridgehead atoms. The molecule has 0 unspecified atom stereocenters. The average molecular weight is 276 g/mol. The van der Waals surface area contributed by atoms with E-state index in [4.69, 9.17) is 34.8 Å². The van der Waals surface area contributed by atoms with Crippen LogP contribution >= 0.6 is 34.8 Å². The van der Waals surface area contributed by atoms with Gasteiger partial charge in [-0.2, -0.15) is 8.42 Å². The fourth-order valence-corrected chi connectivity index (χ4v) is 2.22. The summed E-state index contributed by atoms with van der Waals surface area (Å²) in [5, 5.41) is 0.243. The predicted octanol–water partition coefficient (Wildman–Crippen LogP) is 2.98. The summed E-state index contributed by atoms with van der Waals surface area (Å²) in [6, 6.07) is 2.35. The summed E-state index contributed by atoms with van der Waals surface area (Å²) in [4.78, 5) is -0.126. The first-order chi connectivity index (χ1) is 6.38. The summed E-state index contributed by atoms with van der Waals surface area (Å²) < 4.78 is 26.8. The van der Waals surface area contributed by atoms with Crippen LogP contribution in [0.3, 0.4) is 0 Å². The highest BCUT2D eigenvalue weighted by Crippen LogP contribution is 2.32. The van der Waals surface area contributed by atoms with Gasteiger partial charge in [-0.1, -0.05) is 34.8 Å². The predicted molar refractivity (Wildman–Crippen MR) is 55.7 cm³/mol. The molecule has 0 aromatic heterocycles. The zero-order valence-electron chi connectivity index (χ0n) is 6.92. The van der Waals surface area contributed by atoms with E-state index in [-0.39, 0.29) is 20.0 Å². The van der Waals surface area contributed by atoms with Crippen LogP contribution in [0.2, 0.25) is 15.1 Å². The minimum atomic E-state index is -3.79. The van der Waals surface area contributed by atoms with Crippen molar-refractivity contribution in [3.63, 3.8) is 0 Å². The van der Waals surface area contributed by atoms with Crippen molar-refractivity contribution in [2.45, 2.75) is 4.90 Å². The van der Waals surface area contributed by atoms with Gasteiger partial charge in [-0.3, -0.25) is 4.18 Å². The van der Waals surface area contributed by atoms with Crippen LogP contribution in [0.25, 0.3) is 0 Å². The van der Waals surface area contributed by atoms with Gasteiger partial charge in [-0.25, -0.2) is 0 Å².